The van der Waals surface area contributed by atoms with E-state index >= 15 is 0 Å². The van der Waals surface area contributed by atoms with Crippen LogP contribution in [0.2, 0.25) is 0 Å². The van der Waals surface area contributed by atoms with E-state index in [-0.39, 0.29) is 35.1 Å². The van der Waals surface area contributed by atoms with Gasteiger partial charge in [0.15, 0.2) is 18.5 Å². The lowest BCUT2D eigenvalue weighted by molar-refractivity contribution is -0.292. The molecule has 292 valence electrons. The standard InChI is InChI=1S/C39H59NO12/c1-20(9-12-33(46)47-8)27-10-11-28-26-18-31(45)30-17-25(13-15-39(30,7)29(26)14-16-38(27,28)6)51-37-34(40-21(2)41)36(50-24(5)44)35(49-23(4)43)32(52-37)19-48-22(3)42/h20,25-30,32,34-37H,9-19H2,1-8H3,(H,40,41)/t20-,25-,26+,27-,28+,29+,30+,32-,34-,35-,36-,37-,38-,39-/m1/s1. The molecule has 5 aliphatic rings. The molecule has 52 heavy (non-hydrogen) atoms. The Kier molecular flexibility index (Phi) is 12.4. The number of rotatable bonds is 11. The molecular weight excluding hydrogens is 674 g/mol. The number of hydrogen-bond acceptors (Lipinski definition) is 12. The zero-order chi connectivity index (χ0) is 38.1. The maximum atomic E-state index is 14.2. The third kappa shape index (κ3) is 8.20. The Morgan fingerprint density at radius 3 is 2.17 bits per heavy atom. The molecule has 0 unspecified atom stereocenters. The first-order valence-electron chi connectivity index (χ1n) is 19.1. The number of nitrogens with one attached hydrogen (secondary N) is 1. The zero-order valence-corrected chi connectivity index (χ0v) is 32.1. The van der Waals surface area contributed by atoms with E-state index in [4.69, 9.17) is 28.4 Å². The van der Waals surface area contributed by atoms with Gasteiger partial charge >= 0.3 is 23.9 Å². The molecule has 1 heterocycles. The Morgan fingerprint density at radius 2 is 1.54 bits per heavy atom. The molecule has 0 spiro atoms. The third-order valence-electron chi connectivity index (χ3n) is 13.6. The summed E-state index contributed by atoms with van der Waals surface area (Å²) in [5.74, 6) is -0.330. The fraction of sp³-hybridized carbons (Fsp3) is 0.846. The number of hydrogen-bond donors (Lipinski definition) is 1. The molecule has 13 heteroatoms. The molecule has 1 amide bonds. The van der Waals surface area contributed by atoms with Gasteiger partial charge in [-0.3, -0.25) is 28.8 Å². The van der Waals surface area contributed by atoms with Crippen molar-refractivity contribution < 1.29 is 57.2 Å². The van der Waals surface area contributed by atoms with Gasteiger partial charge in [0.1, 0.15) is 24.5 Å². The van der Waals surface area contributed by atoms with Crippen LogP contribution in [0.4, 0.5) is 0 Å². The Balaban J connectivity index is 1.33. The van der Waals surface area contributed by atoms with Crippen molar-refractivity contribution in [2.24, 2.45) is 46.3 Å². The van der Waals surface area contributed by atoms with Crippen LogP contribution in [0.25, 0.3) is 0 Å². The molecule has 4 aliphatic carbocycles. The second-order valence-electron chi connectivity index (χ2n) is 16.7. The summed E-state index contributed by atoms with van der Waals surface area (Å²) < 4.78 is 34.2. The molecule has 14 atom stereocenters. The van der Waals surface area contributed by atoms with Crippen LogP contribution in [0.5, 0.6) is 0 Å². The van der Waals surface area contributed by atoms with Crippen LogP contribution in [0.3, 0.4) is 0 Å². The lowest BCUT2D eigenvalue weighted by Gasteiger charge is -2.60. The van der Waals surface area contributed by atoms with Crippen molar-refractivity contribution in [1.29, 1.82) is 0 Å². The second kappa shape index (κ2) is 16.1. The summed E-state index contributed by atoms with van der Waals surface area (Å²) in [6.45, 7) is 11.6. The number of esters is 4. The molecular formula is C39H59NO12. The van der Waals surface area contributed by atoms with Gasteiger partial charge in [-0.1, -0.05) is 20.8 Å². The molecule has 5 fully saturated rings. The number of carbonyl (C=O) groups is 6. The molecule has 5 rings (SSSR count). The molecule has 4 saturated carbocycles. The molecule has 0 aromatic heterocycles. The maximum Gasteiger partial charge on any atom is 0.305 e. The summed E-state index contributed by atoms with van der Waals surface area (Å²) in [6.07, 6.45) is 3.12. The van der Waals surface area contributed by atoms with Crippen molar-refractivity contribution in [3.63, 3.8) is 0 Å². The van der Waals surface area contributed by atoms with E-state index in [0.29, 0.717) is 55.3 Å². The molecule has 1 aliphatic heterocycles. The summed E-state index contributed by atoms with van der Waals surface area (Å²) in [7, 11) is 1.44. The van der Waals surface area contributed by atoms with Crippen molar-refractivity contribution in [2.45, 2.75) is 149 Å². The number of fused-ring (bicyclic) bond motifs is 5. The normalized spacial score (nSPS) is 40.2. The van der Waals surface area contributed by atoms with Crippen molar-refractivity contribution in [3.05, 3.63) is 0 Å². The van der Waals surface area contributed by atoms with Gasteiger partial charge in [0.05, 0.1) is 13.2 Å². The van der Waals surface area contributed by atoms with E-state index in [1.54, 1.807) is 0 Å². The minimum Gasteiger partial charge on any atom is -0.469 e. The molecule has 0 radical (unpaired) electrons. The van der Waals surface area contributed by atoms with Crippen LogP contribution < -0.4 is 5.32 Å². The summed E-state index contributed by atoms with van der Waals surface area (Å²) >= 11 is 0. The Bertz CT molecular complexity index is 1380. The van der Waals surface area contributed by atoms with E-state index in [1.165, 1.54) is 34.8 Å². The number of ketones is 1. The van der Waals surface area contributed by atoms with Crippen LogP contribution in [0, 0.1) is 46.3 Å². The van der Waals surface area contributed by atoms with E-state index in [0.717, 1.165) is 38.5 Å². The largest absolute Gasteiger partial charge is 0.469 e. The first-order valence-corrected chi connectivity index (χ1v) is 19.1. The smallest absolute Gasteiger partial charge is 0.305 e. The highest BCUT2D eigenvalue weighted by Crippen LogP contribution is 2.68. The van der Waals surface area contributed by atoms with Gasteiger partial charge in [-0.15, -0.1) is 0 Å². The first kappa shape index (κ1) is 40.1. The fourth-order valence-corrected chi connectivity index (χ4v) is 11.3. The molecule has 1 N–H and O–H groups in total. The molecule has 0 bridgehead atoms. The van der Waals surface area contributed by atoms with E-state index in [2.05, 4.69) is 26.1 Å². The van der Waals surface area contributed by atoms with Crippen molar-refractivity contribution in [3.8, 4) is 0 Å². The van der Waals surface area contributed by atoms with Gasteiger partial charge in [0, 0.05) is 46.5 Å². The first-order chi connectivity index (χ1) is 24.5. The highest BCUT2D eigenvalue weighted by molar-refractivity contribution is 5.83. The lowest BCUT2D eigenvalue weighted by Crippen LogP contribution is -2.67. The Morgan fingerprint density at radius 1 is 0.885 bits per heavy atom. The van der Waals surface area contributed by atoms with E-state index in [1.807, 2.05) is 0 Å². The predicted molar refractivity (Wildman–Crippen MR) is 185 cm³/mol. The minimum atomic E-state index is -1.20. The second-order valence-corrected chi connectivity index (χ2v) is 16.7. The average Bonchev–Trinajstić information content (AvgIpc) is 3.42. The Hall–Kier alpha value is -3.06. The highest BCUT2D eigenvalue weighted by atomic mass is 16.7. The number of carbonyl (C=O) groups excluding carboxylic acids is 6. The van der Waals surface area contributed by atoms with Gasteiger partial charge in [-0.2, -0.15) is 0 Å². The van der Waals surface area contributed by atoms with Crippen LogP contribution >= 0.6 is 0 Å². The zero-order valence-electron chi connectivity index (χ0n) is 32.1. The van der Waals surface area contributed by atoms with Crippen LogP contribution in [-0.4, -0.2) is 86.0 Å². The van der Waals surface area contributed by atoms with Crippen LogP contribution in [0.1, 0.15) is 113 Å². The van der Waals surface area contributed by atoms with E-state index < -0.39 is 60.6 Å². The van der Waals surface area contributed by atoms with E-state index in [9.17, 15) is 28.8 Å². The summed E-state index contributed by atoms with van der Waals surface area (Å²) in [5, 5.41) is 2.77. The molecule has 1 saturated heterocycles. The Labute approximate surface area is 307 Å². The number of methoxy groups -OCH3 is 1. The molecule has 0 aromatic carbocycles. The minimum absolute atomic E-state index is 0.141. The number of amides is 1. The van der Waals surface area contributed by atoms with Gasteiger partial charge in [0.2, 0.25) is 5.91 Å². The highest BCUT2D eigenvalue weighted by Gasteiger charge is 2.63. The van der Waals surface area contributed by atoms with Crippen molar-refractivity contribution in [2.75, 3.05) is 13.7 Å². The quantitative estimate of drug-likeness (QED) is 0.180. The number of Topliss-reactive ketones (excluding diaryl/α,β-unsaturated/α-hetero) is 1. The molecule has 0 aromatic rings. The average molecular weight is 734 g/mol. The van der Waals surface area contributed by atoms with Gasteiger partial charge < -0.3 is 33.7 Å². The molecule has 13 nitrogen and oxygen atoms in total. The van der Waals surface area contributed by atoms with Gasteiger partial charge in [-0.25, -0.2) is 0 Å². The monoisotopic (exact) mass is 733 g/mol. The number of ether oxygens (including phenoxy) is 6. The van der Waals surface area contributed by atoms with Gasteiger partial charge in [-0.05, 0) is 91.8 Å². The third-order valence-corrected chi connectivity index (χ3v) is 13.6. The summed E-state index contributed by atoms with van der Waals surface area (Å²) in [5.41, 5.74) is -0.0403. The van der Waals surface area contributed by atoms with Crippen LogP contribution in [0.15, 0.2) is 0 Å². The summed E-state index contributed by atoms with van der Waals surface area (Å²) in [4.78, 5) is 74.8. The van der Waals surface area contributed by atoms with Crippen molar-refractivity contribution >= 4 is 35.6 Å². The lowest BCUT2D eigenvalue weighted by atomic mass is 9.44. The van der Waals surface area contributed by atoms with Crippen LogP contribution in [-0.2, 0) is 57.2 Å². The van der Waals surface area contributed by atoms with Crippen molar-refractivity contribution in [1.82, 2.24) is 5.32 Å². The maximum absolute atomic E-state index is 14.2. The van der Waals surface area contributed by atoms with Gasteiger partial charge in [0.25, 0.3) is 0 Å². The SMILES string of the molecule is COC(=O)CC[C@@H](C)[C@H]1CC[C@H]2[C@@H]3CC(=O)[C@@H]4C[C@H](O[C@@H]5O[C@H](COC(C)=O)[C@@H](OC(C)=O)[C@H](OC(C)=O)[C@H]5NC(C)=O)CC[C@]4(C)[C@H]3CC[C@]12C. The predicted octanol–water partition coefficient (Wildman–Crippen LogP) is 4.45. The summed E-state index contributed by atoms with van der Waals surface area (Å²) in [6, 6.07) is -1.06. The topological polar surface area (TPSA) is 170 Å². The fourth-order valence-electron chi connectivity index (χ4n) is 11.3.